The molecule has 3 aromatic heterocycles. The van der Waals surface area contributed by atoms with Crippen molar-refractivity contribution in [2.24, 2.45) is 35.5 Å². The van der Waals surface area contributed by atoms with Crippen LogP contribution in [0.3, 0.4) is 0 Å². The van der Waals surface area contributed by atoms with Gasteiger partial charge in [-0.2, -0.15) is 5.26 Å². The smallest absolute Gasteiger partial charge is 0.164 e. The topological polar surface area (TPSA) is 188 Å². The second-order valence-corrected chi connectivity index (χ2v) is 28.9. The number of aromatic nitrogens is 8. The first-order valence-electron chi connectivity index (χ1n) is 39.5. The summed E-state index contributed by atoms with van der Waals surface area (Å²) in [4.78, 5) is 41.1. The van der Waals surface area contributed by atoms with Gasteiger partial charge in [-0.05, 0) is 139 Å². The van der Waals surface area contributed by atoms with Crippen LogP contribution < -0.4 is 28.4 Å². The lowest BCUT2D eigenvalue weighted by Gasteiger charge is -2.21. The Hall–Kier alpha value is -7.99. The maximum Gasteiger partial charge on any atom is 0.164 e. The summed E-state index contributed by atoms with van der Waals surface area (Å²) >= 11 is 0. The van der Waals surface area contributed by atoms with Crippen LogP contribution >= 0.6 is 0 Å². The number of rotatable bonds is 43. The first-order chi connectivity index (χ1) is 49.4. The average molecular weight is 1370 g/mol. The summed E-state index contributed by atoms with van der Waals surface area (Å²) in [7, 11) is 0. The van der Waals surface area contributed by atoms with Gasteiger partial charge in [0.15, 0.2) is 57.8 Å². The van der Waals surface area contributed by atoms with Crippen molar-refractivity contribution in [3.63, 3.8) is 0 Å². The van der Waals surface area contributed by atoms with E-state index in [-0.39, 0.29) is 6.42 Å². The van der Waals surface area contributed by atoms with Crippen LogP contribution in [0.25, 0.3) is 100 Å². The van der Waals surface area contributed by atoms with E-state index in [0.717, 1.165) is 214 Å². The van der Waals surface area contributed by atoms with Crippen LogP contribution in [0.1, 0.15) is 243 Å². The molecule has 2 N–H and O–H groups in total. The third-order valence-corrected chi connectivity index (χ3v) is 21.4. The highest BCUT2D eigenvalue weighted by molar-refractivity contribution is 6.11. The highest BCUT2D eigenvalue weighted by Gasteiger charge is 2.29. The Bertz CT molecular complexity index is 4230. The van der Waals surface area contributed by atoms with E-state index in [9.17, 15) is 5.26 Å². The molecule has 0 spiro atoms. The maximum absolute atomic E-state index is 9.88. The Morgan fingerprint density at radius 1 is 0.317 bits per heavy atom. The van der Waals surface area contributed by atoms with Gasteiger partial charge in [-0.3, -0.25) is 0 Å². The number of nitrogens with one attached hydrogen (secondary N) is 2. The lowest BCUT2D eigenvalue weighted by molar-refractivity contribution is 0.199. The van der Waals surface area contributed by atoms with E-state index in [1.54, 1.807) is 0 Å². The second-order valence-electron chi connectivity index (χ2n) is 28.9. The molecule has 0 radical (unpaired) electrons. The van der Waals surface area contributed by atoms with Crippen LogP contribution in [-0.4, -0.2) is 79.5 Å². The molecule has 5 heterocycles. The summed E-state index contributed by atoms with van der Waals surface area (Å²) in [5.74, 6) is 7.98. The van der Waals surface area contributed by atoms with Gasteiger partial charge in [-0.25, -0.2) is 29.9 Å². The molecule has 6 unspecified atom stereocenters. The molecular formula is C86H117N9O6. The summed E-state index contributed by atoms with van der Waals surface area (Å²) in [5.41, 5.74) is 6.16. The number of hydrogen-bond acceptors (Lipinski definition) is 13. The van der Waals surface area contributed by atoms with E-state index in [4.69, 9.17) is 58.3 Å². The molecule has 101 heavy (non-hydrogen) atoms. The molecule has 8 bridgehead atoms. The molecule has 0 aliphatic carbocycles. The SMILES string of the molecule is CCCCC(CC)COc1cc2c(cc1OCC(CC)CCCC)-c1nc-2nc2[nH]c(nc3nc(nc4[nH]c(n1)c1cc5ccc(CC#N)cc5cc41)-c1cc(OCC(CC)CCCC)c(OCC(CC)CCCC)cc1-3)c1cc(OCC(CC)CCCC)c(OCC(CC)CCCC)cc21. The summed E-state index contributed by atoms with van der Waals surface area (Å²) in [5, 5.41) is 15.1. The Balaban J connectivity index is 1.31. The van der Waals surface area contributed by atoms with Gasteiger partial charge in [0, 0.05) is 43.8 Å². The molecule has 6 atom stereocenters. The highest BCUT2D eigenvalue weighted by atomic mass is 16.5. The molecular weight excluding hydrogens is 1260 g/mol. The molecule has 8 aromatic rings. The molecule has 0 amide bonds. The van der Waals surface area contributed by atoms with E-state index in [0.29, 0.717) is 156 Å². The van der Waals surface area contributed by atoms with E-state index in [1.807, 2.05) is 6.07 Å². The van der Waals surface area contributed by atoms with Gasteiger partial charge in [0.2, 0.25) is 0 Å². The van der Waals surface area contributed by atoms with E-state index in [1.165, 1.54) is 0 Å². The predicted octanol–water partition coefficient (Wildman–Crippen LogP) is 23.7. The van der Waals surface area contributed by atoms with Crippen molar-refractivity contribution in [1.82, 2.24) is 39.9 Å². The van der Waals surface area contributed by atoms with Crippen LogP contribution in [0.5, 0.6) is 34.5 Å². The second kappa shape index (κ2) is 37.8. The Kier molecular flexibility index (Phi) is 28.3. The first-order valence-corrected chi connectivity index (χ1v) is 39.5. The summed E-state index contributed by atoms with van der Waals surface area (Å²) in [6, 6.07) is 25.4. The number of H-pyrrole nitrogens is 2. The number of benzene rings is 5. The molecule has 0 saturated carbocycles. The fourth-order valence-corrected chi connectivity index (χ4v) is 14.1. The molecule has 0 fully saturated rings. The van der Waals surface area contributed by atoms with Crippen LogP contribution in [0, 0.1) is 46.8 Å². The van der Waals surface area contributed by atoms with Crippen LogP contribution in [-0.2, 0) is 6.42 Å². The maximum atomic E-state index is 9.88. The van der Waals surface area contributed by atoms with E-state index < -0.39 is 0 Å². The number of ether oxygens (including phenoxy) is 6. The normalized spacial score (nSPS) is 13.7. The van der Waals surface area contributed by atoms with Crippen molar-refractivity contribution in [2.75, 3.05) is 39.6 Å². The van der Waals surface area contributed by atoms with E-state index in [2.05, 4.69) is 160 Å². The summed E-state index contributed by atoms with van der Waals surface area (Å²) in [6.45, 7) is 30.4. The van der Waals surface area contributed by atoms with Gasteiger partial charge in [0.05, 0.1) is 52.1 Å². The van der Waals surface area contributed by atoms with Gasteiger partial charge >= 0.3 is 0 Å². The van der Waals surface area contributed by atoms with Crippen molar-refractivity contribution >= 4 is 54.9 Å². The zero-order valence-electron chi connectivity index (χ0n) is 63.3. The molecule has 15 nitrogen and oxygen atoms in total. The Morgan fingerprint density at radius 3 is 0.832 bits per heavy atom. The average Bonchev–Trinajstić information content (AvgIpc) is 1.60. The lowest BCUT2D eigenvalue weighted by Crippen LogP contribution is -2.14. The van der Waals surface area contributed by atoms with Gasteiger partial charge < -0.3 is 38.4 Å². The van der Waals surface area contributed by atoms with Gasteiger partial charge in [0.25, 0.3) is 0 Å². The largest absolute Gasteiger partial charge is 0.489 e. The van der Waals surface area contributed by atoms with Crippen LogP contribution in [0.4, 0.5) is 0 Å². The number of hydrogen-bond donors (Lipinski definition) is 2. The zero-order valence-corrected chi connectivity index (χ0v) is 63.3. The van der Waals surface area contributed by atoms with Crippen LogP contribution in [0.15, 0.2) is 66.7 Å². The number of unbranched alkanes of at least 4 members (excludes halogenated alkanes) is 6. The minimum atomic E-state index is 0.287. The Morgan fingerprint density at radius 2 is 0.574 bits per heavy atom. The van der Waals surface area contributed by atoms with Gasteiger partial charge in [-0.1, -0.05) is 217 Å². The molecule has 542 valence electrons. The predicted molar refractivity (Wildman–Crippen MR) is 416 cm³/mol. The molecule has 2 aliphatic rings. The number of aromatic amines is 2. The minimum absolute atomic E-state index is 0.287. The fourth-order valence-electron chi connectivity index (χ4n) is 14.1. The third-order valence-electron chi connectivity index (χ3n) is 21.4. The number of fused-ring (bicyclic) bond motifs is 21. The zero-order chi connectivity index (χ0) is 71.2. The van der Waals surface area contributed by atoms with Crippen molar-refractivity contribution in [1.29, 1.82) is 5.26 Å². The van der Waals surface area contributed by atoms with Gasteiger partial charge in [-0.15, -0.1) is 0 Å². The fraction of sp³-hybridized carbons (Fsp3) is 0.570. The molecule has 5 aromatic carbocycles. The lowest BCUT2D eigenvalue weighted by atomic mass is 10.00. The molecule has 15 heteroatoms. The number of nitrogens with zero attached hydrogens (tertiary/aromatic N) is 7. The van der Waals surface area contributed by atoms with E-state index >= 15 is 0 Å². The third kappa shape index (κ3) is 19.0. The highest BCUT2D eigenvalue weighted by Crippen LogP contribution is 2.47. The standard InChI is InChI=1S/C86H117N9O6/c1-13-25-31-56(19-7)50-96-73-44-67-69(46-75(73)98-52-58(21-9)33-27-15-3)83-91-81(67)89-79-65-42-63-38-37-62(39-40-87)41-64(63)43-66(65)80(88-79)90-82-68-45-74(97-51-57(20-8)32-26-14-2)76(99-53-59(22-10)34-28-16-4)47-70(68)84(92-82)94-86-72-49-78(101-55-61(24-12)36-30-18-6)77(48-71(72)85(93-83)95-86)100-54-60(23-11)35-29-17-5/h37-38,41-49,56-61H,13-36,39,50-55H2,1-12H3,(H2,88,89,90,91,92,93,94,95). The quantitative estimate of drug-likeness (QED) is 0.0368. The van der Waals surface area contributed by atoms with Crippen molar-refractivity contribution < 1.29 is 28.4 Å². The van der Waals surface area contributed by atoms with Crippen molar-refractivity contribution in [2.45, 2.75) is 244 Å². The molecule has 0 saturated heterocycles. The summed E-state index contributed by atoms with van der Waals surface area (Å²) < 4.78 is 42.2. The van der Waals surface area contributed by atoms with Crippen LogP contribution in [0.2, 0.25) is 0 Å². The summed E-state index contributed by atoms with van der Waals surface area (Å²) in [6.07, 6.45) is 26.4. The first kappa shape index (κ1) is 75.7. The minimum Gasteiger partial charge on any atom is -0.489 e. The molecule has 10 rings (SSSR count). The van der Waals surface area contributed by atoms with Crippen molar-refractivity contribution in [3.05, 3.63) is 72.3 Å². The Labute approximate surface area is 602 Å². The monoisotopic (exact) mass is 1370 g/mol. The van der Waals surface area contributed by atoms with Gasteiger partial charge in [0.1, 0.15) is 22.6 Å². The molecule has 2 aliphatic heterocycles. The van der Waals surface area contributed by atoms with Crippen molar-refractivity contribution in [3.8, 4) is 86.1 Å². The number of nitriles is 1.